The van der Waals surface area contributed by atoms with Crippen LogP contribution >= 0.6 is 0 Å². The van der Waals surface area contributed by atoms with Crippen LogP contribution in [0.5, 0.6) is 11.6 Å². The van der Waals surface area contributed by atoms with Crippen molar-refractivity contribution in [3.8, 4) is 34.1 Å². The number of benzene rings is 2. The number of nitrogens with one attached hydrogen (secondary N) is 1. The number of nitrogens with two attached hydrogens (primary N) is 1. The molecule has 4 aromatic rings. The van der Waals surface area contributed by atoms with E-state index >= 15 is 0 Å². The molecule has 1 amide bonds. The fraction of sp³-hybridized carbons (Fsp3) is 0.240. The van der Waals surface area contributed by atoms with Gasteiger partial charge in [0.15, 0.2) is 0 Å². The van der Waals surface area contributed by atoms with E-state index in [2.05, 4.69) is 15.0 Å². The molecule has 1 aliphatic rings. The highest BCUT2D eigenvalue weighted by molar-refractivity contribution is 5.98. The number of pyridine rings is 1. The lowest BCUT2D eigenvalue weighted by atomic mass is 10.0. The van der Waals surface area contributed by atoms with Crippen LogP contribution in [0.15, 0.2) is 54.7 Å². The maximum absolute atomic E-state index is 13.0. The van der Waals surface area contributed by atoms with Crippen LogP contribution in [0.3, 0.4) is 0 Å². The van der Waals surface area contributed by atoms with Gasteiger partial charge < -0.3 is 25.5 Å². The molecule has 1 unspecified atom stereocenters. The van der Waals surface area contributed by atoms with Gasteiger partial charge in [-0.1, -0.05) is 6.07 Å². The second kappa shape index (κ2) is 8.55. The summed E-state index contributed by atoms with van der Waals surface area (Å²) in [6, 6.07) is 14.4. The molecule has 2 aromatic carbocycles. The minimum absolute atomic E-state index is 0.0267. The number of imidazole rings is 1. The minimum atomic E-state index is -0.0308. The number of rotatable bonds is 4. The Bertz CT molecular complexity index is 1330. The number of nitrogens with zero attached hydrogens (tertiary/aromatic N) is 3. The number of carbonyl (C=O) groups is 1. The fourth-order valence-corrected chi connectivity index (χ4v) is 4.31. The van der Waals surface area contributed by atoms with Gasteiger partial charge in [-0.25, -0.2) is 9.97 Å². The van der Waals surface area contributed by atoms with E-state index in [1.807, 2.05) is 29.2 Å². The molecule has 0 aliphatic carbocycles. The molecule has 3 heterocycles. The van der Waals surface area contributed by atoms with Crippen LogP contribution in [0.1, 0.15) is 23.2 Å². The number of phenols is 1. The van der Waals surface area contributed by atoms with Gasteiger partial charge in [0.2, 0.25) is 5.88 Å². The number of hydrogen-bond donors (Lipinski definition) is 3. The predicted octanol–water partition coefficient (Wildman–Crippen LogP) is 3.57. The van der Waals surface area contributed by atoms with Crippen molar-refractivity contribution in [3.63, 3.8) is 0 Å². The van der Waals surface area contributed by atoms with Crippen molar-refractivity contribution in [1.82, 2.24) is 19.9 Å². The SMILES string of the molecule is COc1ncccc1-c1ccc(O)c(-c2nc3ccc(C(=O)N4CCCC(N)C4)cc3[nH]2)c1. The highest BCUT2D eigenvalue weighted by atomic mass is 16.5. The maximum Gasteiger partial charge on any atom is 0.253 e. The zero-order chi connectivity index (χ0) is 22.9. The Morgan fingerprint density at radius 2 is 2.09 bits per heavy atom. The van der Waals surface area contributed by atoms with Gasteiger partial charge in [-0.2, -0.15) is 0 Å². The third-order valence-corrected chi connectivity index (χ3v) is 6.00. The van der Waals surface area contributed by atoms with Crippen molar-refractivity contribution in [2.75, 3.05) is 20.2 Å². The molecule has 8 heteroatoms. The Balaban J connectivity index is 1.50. The number of methoxy groups -OCH3 is 1. The van der Waals surface area contributed by atoms with Crippen molar-refractivity contribution in [2.24, 2.45) is 5.73 Å². The number of ether oxygens (including phenoxy) is 1. The van der Waals surface area contributed by atoms with Gasteiger partial charge in [0.1, 0.15) is 11.6 Å². The van der Waals surface area contributed by atoms with E-state index in [-0.39, 0.29) is 17.7 Å². The summed E-state index contributed by atoms with van der Waals surface area (Å²) in [5.41, 5.74) is 10.3. The van der Waals surface area contributed by atoms with Crippen LogP contribution < -0.4 is 10.5 Å². The Morgan fingerprint density at radius 3 is 2.91 bits per heavy atom. The van der Waals surface area contributed by atoms with Gasteiger partial charge in [-0.3, -0.25) is 4.79 Å². The van der Waals surface area contributed by atoms with Crippen LogP contribution in [0.25, 0.3) is 33.5 Å². The van der Waals surface area contributed by atoms with Crippen molar-refractivity contribution in [3.05, 3.63) is 60.3 Å². The molecule has 0 bridgehead atoms. The van der Waals surface area contributed by atoms with Crippen LogP contribution in [0.4, 0.5) is 0 Å². The smallest absolute Gasteiger partial charge is 0.253 e. The molecule has 33 heavy (non-hydrogen) atoms. The van der Waals surface area contributed by atoms with E-state index < -0.39 is 0 Å². The summed E-state index contributed by atoms with van der Waals surface area (Å²) in [7, 11) is 1.57. The number of phenolic OH excluding ortho intramolecular Hbond substituents is 1. The monoisotopic (exact) mass is 443 g/mol. The number of amides is 1. The third kappa shape index (κ3) is 4.01. The molecule has 1 atom stereocenters. The van der Waals surface area contributed by atoms with Crippen molar-refractivity contribution >= 4 is 16.9 Å². The van der Waals surface area contributed by atoms with Gasteiger partial charge in [-0.05, 0) is 60.9 Å². The molecule has 4 N–H and O–H groups in total. The molecule has 0 radical (unpaired) electrons. The van der Waals surface area contributed by atoms with E-state index in [4.69, 9.17) is 10.5 Å². The second-order valence-electron chi connectivity index (χ2n) is 8.26. The predicted molar refractivity (Wildman–Crippen MR) is 126 cm³/mol. The summed E-state index contributed by atoms with van der Waals surface area (Å²) in [4.78, 5) is 26.9. The molecule has 1 fully saturated rings. The topological polar surface area (TPSA) is 117 Å². The summed E-state index contributed by atoms with van der Waals surface area (Å²) in [6.07, 6.45) is 3.53. The van der Waals surface area contributed by atoms with E-state index in [0.717, 1.165) is 36.0 Å². The van der Waals surface area contributed by atoms with Gasteiger partial charge in [0.25, 0.3) is 5.91 Å². The average Bonchev–Trinajstić information content (AvgIpc) is 3.27. The summed E-state index contributed by atoms with van der Waals surface area (Å²) >= 11 is 0. The molecule has 0 spiro atoms. The Kier molecular flexibility index (Phi) is 5.43. The lowest BCUT2D eigenvalue weighted by Crippen LogP contribution is -2.45. The van der Waals surface area contributed by atoms with Gasteiger partial charge in [-0.15, -0.1) is 0 Å². The number of piperidine rings is 1. The summed E-state index contributed by atoms with van der Waals surface area (Å²) in [5.74, 6) is 1.08. The molecule has 1 saturated heterocycles. The van der Waals surface area contributed by atoms with Crippen LogP contribution in [0, 0.1) is 0 Å². The summed E-state index contributed by atoms with van der Waals surface area (Å²) in [6.45, 7) is 1.29. The van der Waals surface area contributed by atoms with Gasteiger partial charge >= 0.3 is 0 Å². The highest BCUT2D eigenvalue weighted by Crippen LogP contribution is 2.35. The normalized spacial score (nSPS) is 16.2. The minimum Gasteiger partial charge on any atom is -0.507 e. The first-order chi connectivity index (χ1) is 16.0. The first-order valence-corrected chi connectivity index (χ1v) is 10.9. The largest absolute Gasteiger partial charge is 0.507 e. The number of H-pyrrole nitrogens is 1. The van der Waals surface area contributed by atoms with E-state index in [9.17, 15) is 9.90 Å². The lowest BCUT2D eigenvalue weighted by molar-refractivity contribution is 0.0709. The van der Waals surface area contributed by atoms with Crippen molar-refractivity contribution < 1.29 is 14.6 Å². The van der Waals surface area contributed by atoms with Crippen LogP contribution in [-0.4, -0.2) is 57.1 Å². The molecule has 8 nitrogen and oxygen atoms in total. The number of fused-ring (bicyclic) bond motifs is 1. The molecule has 0 saturated carbocycles. The van der Waals surface area contributed by atoms with Crippen LogP contribution in [0.2, 0.25) is 0 Å². The summed E-state index contributed by atoms with van der Waals surface area (Å²) < 4.78 is 5.37. The van der Waals surface area contributed by atoms with Gasteiger partial charge in [0, 0.05) is 36.5 Å². The number of aromatic nitrogens is 3. The maximum atomic E-state index is 13.0. The molecule has 1 aliphatic heterocycles. The van der Waals surface area contributed by atoms with E-state index in [1.165, 1.54) is 0 Å². The molecule has 5 rings (SSSR count). The number of likely N-dealkylation sites (tertiary alicyclic amines) is 1. The number of hydrogen-bond acceptors (Lipinski definition) is 6. The quantitative estimate of drug-likeness (QED) is 0.444. The number of aromatic hydroxyl groups is 1. The zero-order valence-corrected chi connectivity index (χ0v) is 18.3. The summed E-state index contributed by atoms with van der Waals surface area (Å²) in [5, 5.41) is 10.5. The molecular weight excluding hydrogens is 418 g/mol. The third-order valence-electron chi connectivity index (χ3n) is 6.00. The van der Waals surface area contributed by atoms with Crippen LogP contribution in [-0.2, 0) is 0 Å². The Labute approximate surface area is 191 Å². The van der Waals surface area contributed by atoms with Gasteiger partial charge in [0.05, 0.1) is 23.7 Å². The molecule has 168 valence electrons. The Morgan fingerprint density at radius 1 is 1.21 bits per heavy atom. The fourth-order valence-electron chi connectivity index (χ4n) is 4.31. The molecule has 2 aromatic heterocycles. The van der Waals surface area contributed by atoms with Crippen molar-refractivity contribution in [1.29, 1.82) is 0 Å². The lowest BCUT2D eigenvalue weighted by Gasteiger charge is -2.30. The molecular formula is C25H25N5O3. The first kappa shape index (κ1) is 21.0. The van der Waals surface area contributed by atoms with Crippen molar-refractivity contribution in [2.45, 2.75) is 18.9 Å². The van der Waals surface area contributed by atoms with E-state index in [1.54, 1.807) is 37.6 Å². The second-order valence-corrected chi connectivity index (χ2v) is 8.26. The van der Waals surface area contributed by atoms with E-state index in [0.29, 0.717) is 34.9 Å². The first-order valence-electron chi connectivity index (χ1n) is 10.9. The standard InChI is InChI=1S/C25H25N5O3/c1-33-24-18(5-2-10-27-24)15-7-9-22(31)19(12-15)23-28-20-8-6-16(13-21(20)29-23)25(32)30-11-3-4-17(26)14-30/h2,5-10,12-13,17,31H,3-4,11,14,26H2,1H3,(H,28,29). The number of carbonyl (C=O) groups excluding carboxylic acids is 1. The zero-order valence-electron chi connectivity index (χ0n) is 18.3. The Hall–Kier alpha value is -3.91. The average molecular weight is 444 g/mol. The highest BCUT2D eigenvalue weighted by Gasteiger charge is 2.23. The number of aromatic amines is 1.